The van der Waals surface area contributed by atoms with E-state index in [0.717, 1.165) is 22.4 Å². The molecule has 3 atom stereocenters. The number of aromatic nitrogens is 2. The summed E-state index contributed by atoms with van der Waals surface area (Å²) in [5.74, 6) is 0.348. The van der Waals surface area contributed by atoms with Crippen LogP contribution in [-0.4, -0.2) is 39.3 Å². The Labute approximate surface area is 185 Å². The average molecular weight is 430 g/mol. The molecule has 0 aliphatic carbocycles. The Bertz CT molecular complexity index is 1200. The fourth-order valence-electron chi connectivity index (χ4n) is 4.61. The van der Waals surface area contributed by atoms with Gasteiger partial charge in [-0.2, -0.15) is 5.10 Å². The van der Waals surface area contributed by atoms with Crippen LogP contribution >= 0.6 is 11.6 Å². The Morgan fingerprint density at radius 1 is 1.13 bits per heavy atom. The van der Waals surface area contributed by atoms with Gasteiger partial charge in [-0.1, -0.05) is 60.1 Å². The van der Waals surface area contributed by atoms with Crippen molar-refractivity contribution in [1.29, 1.82) is 0 Å². The molecule has 1 fully saturated rings. The molecule has 154 valence electrons. The summed E-state index contributed by atoms with van der Waals surface area (Å²) >= 11 is 6.52. The van der Waals surface area contributed by atoms with Crippen LogP contribution in [0.5, 0.6) is 0 Å². The third-order valence-electron chi connectivity index (χ3n) is 6.07. The maximum Gasteiger partial charge on any atom is 0.272 e. The first-order valence-corrected chi connectivity index (χ1v) is 10.6. The van der Waals surface area contributed by atoms with Gasteiger partial charge in [0.2, 0.25) is 5.91 Å². The Kier molecular flexibility index (Phi) is 5.05. The van der Waals surface area contributed by atoms with Gasteiger partial charge < -0.3 is 9.74 Å². The Hall–Kier alpha value is -3.43. The molecule has 2 aliphatic heterocycles. The lowest BCUT2D eigenvalue weighted by Gasteiger charge is -2.27. The maximum atomic E-state index is 12.8. The first-order chi connectivity index (χ1) is 15.2. The first-order valence-electron chi connectivity index (χ1n) is 10.2. The van der Waals surface area contributed by atoms with Gasteiger partial charge in [0.05, 0.1) is 12.1 Å². The van der Waals surface area contributed by atoms with Crippen LogP contribution in [0.4, 0.5) is 5.82 Å². The maximum absolute atomic E-state index is 12.8. The molecule has 5 rings (SSSR count). The molecule has 2 aliphatic rings. The number of likely N-dealkylation sites (tertiary alicyclic amines) is 1. The number of rotatable bonds is 4. The number of carbonyl (C=O) groups is 1. The number of hydrogen-bond acceptors (Lipinski definition) is 3. The molecule has 31 heavy (non-hydrogen) atoms. The molecule has 1 amide bonds. The lowest BCUT2D eigenvalue weighted by Crippen LogP contribution is -2.35. The topological polar surface area (TPSA) is 65.7 Å². The molecule has 0 spiro atoms. The molecule has 1 aromatic heterocycles. The van der Waals surface area contributed by atoms with E-state index in [2.05, 4.69) is 15.0 Å². The van der Waals surface area contributed by atoms with Crippen molar-refractivity contribution < 1.29 is 4.79 Å². The number of nitrogens with zero attached hydrogens (tertiary/aromatic N) is 4. The molecule has 3 heterocycles. The first kappa shape index (κ1) is 19.5. The highest BCUT2D eigenvalue weighted by Crippen LogP contribution is 2.43. The Morgan fingerprint density at radius 2 is 1.90 bits per heavy atom. The van der Waals surface area contributed by atoms with E-state index in [1.165, 1.54) is 0 Å². The molecule has 1 N–H and O–H groups in total. The van der Waals surface area contributed by atoms with Crippen molar-refractivity contribution >= 4 is 29.0 Å². The van der Waals surface area contributed by atoms with E-state index in [1.807, 2.05) is 59.5 Å². The summed E-state index contributed by atoms with van der Waals surface area (Å²) in [6, 6.07) is 17.0. The van der Waals surface area contributed by atoms with Crippen molar-refractivity contribution in [3.63, 3.8) is 0 Å². The van der Waals surface area contributed by atoms with E-state index in [4.69, 9.17) is 23.2 Å². The number of aliphatic imine (C=N–C) groups is 1. The molecule has 0 radical (unpaired) electrons. The predicted molar refractivity (Wildman–Crippen MR) is 119 cm³/mol. The Morgan fingerprint density at radius 3 is 2.68 bits per heavy atom. The van der Waals surface area contributed by atoms with E-state index >= 15 is 0 Å². The highest BCUT2D eigenvalue weighted by Gasteiger charge is 2.46. The molecule has 3 unspecified atom stereocenters. The number of fused-ring (bicyclic) bond motifs is 1. The van der Waals surface area contributed by atoms with Gasteiger partial charge in [-0.25, -0.2) is 11.6 Å². The van der Waals surface area contributed by atoms with Crippen molar-refractivity contribution in [2.45, 2.75) is 24.9 Å². The van der Waals surface area contributed by atoms with Crippen LogP contribution < -0.4 is 0 Å². The van der Waals surface area contributed by atoms with E-state index < -0.39 is 6.04 Å². The molecule has 7 heteroatoms. The van der Waals surface area contributed by atoms with Gasteiger partial charge in [-0.15, -0.1) is 0 Å². The SMILES string of the molecule is [C-]#[N+]C1C(C2CC(=O)N(Cc3ccccc3)C2)=Nc2[nH]ncc2C1c1ccccc1Cl. The summed E-state index contributed by atoms with van der Waals surface area (Å²) in [4.78, 5) is 23.4. The predicted octanol–water partition coefficient (Wildman–Crippen LogP) is 4.62. The van der Waals surface area contributed by atoms with Crippen molar-refractivity contribution in [2.24, 2.45) is 10.9 Å². The summed E-state index contributed by atoms with van der Waals surface area (Å²) in [6.45, 7) is 9.11. The number of H-pyrrole nitrogens is 1. The van der Waals surface area contributed by atoms with Gasteiger partial charge >= 0.3 is 0 Å². The van der Waals surface area contributed by atoms with Crippen LogP contribution in [0.25, 0.3) is 4.85 Å². The number of nitrogens with one attached hydrogen (secondary N) is 1. The molecular weight excluding hydrogens is 410 g/mol. The molecule has 6 nitrogen and oxygen atoms in total. The summed E-state index contributed by atoms with van der Waals surface area (Å²) < 4.78 is 0. The van der Waals surface area contributed by atoms with Crippen molar-refractivity contribution in [1.82, 2.24) is 15.1 Å². The minimum Gasteiger partial charge on any atom is -0.338 e. The minimum atomic E-state index is -0.528. The molecule has 0 bridgehead atoms. The monoisotopic (exact) mass is 429 g/mol. The summed E-state index contributed by atoms with van der Waals surface area (Å²) in [5.41, 5.74) is 3.57. The van der Waals surface area contributed by atoms with E-state index in [1.54, 1.807) is 6.20 Å². The van der Waals surface area contributed by atoms with E-state index in [-0.39, 0.29) is 17.7 Å². The zero-order valence-electron chi connectivity index (χ0n) is 16.7. The summed E-state index contributed by atoms with van der Waals surface area (Å²) in [5, 5.41) is 7.74. The largest absolute Gasteiger partial charge is 0.338 e. The van der Waals surface area contributed by atoms with Crippen LogP contribution in [-0.2, 0) is 11.3 Å². The number of carbonyl (C=O) groups excluding carboxylic acids is 1. The zero-order chi connectivity index (χ0) is 21.4. The third kappa shape index (κ3) is 3.51. The molecule has 1 saturated heterocycles. The van der Waals surface area contributed by atoms with Gasteiger partial charge in [0.25, 0.3) is 6.04 Å². The van der Waals surface area contributed by atoms with Crippen molar-refractivity contribution in [3.8, 4) is 0 Å². The summed E-state index contributed by atoms with van der Waals surface area (Å²) in [6.07, 6.45) is 2.08. The molecular formula is C24H20ClN5O. The quantitative estimate of drug-likeness (QED) is 0.615. The number of aromatic amines is 1. The zero-order valence-corrected chi connectivity index (χ0v) is 17.5. The second kappa shape index (κ2) is 8.01. The molecule has 0 saturated carbocycles. The smallest absolute Gasteiger partial charge is 0.272 e. The fourth-order valence-corrected chi connectivity index (χ4v) is 4.86. The normalized spacial score (nSPS) is 22.7. The van der Waals surface area contributed by atoms with Gasteiger partial charge in [-0.3, -0.25) is 9.89 Å². The number of benzene rings is 2. The van der Waals surface area contributed by atoms with Crippen molar-refractivity contribution in [2.75, 3.05) is 6.54 Å². The molecule has 2 aromatic carbocycles. The standard InChI is InChI=1S/C24H20ClN5O/c1-26-23-21(17-9-5-6-10-19(17)25)18-12-27-29-24(18)28-22(23)16-11-20(31)30(14-16)13-15-7-3-2-4-8-15/h2-10,12,16,21,23H,11,13-14H2,(H,27,29). The van der Waals surface area contributed by atoms with Gasteiger partial charge in [0.1, 0.15) is 5.71 Å². The Balaban J connectivity index is 1.49. The minimum absolute atomic E-state index is 0.0879. The average Bonchev–Trinajstić information content (AvgIpc) is 3.40. The highest BCUT2D eigenvalue weighted by atomic mass is 35.5. The van der Waals surface area contributed by atoms with Gasteiger partial charge in [0, 0.05) is 36.0 Å². The number of amides is 1. The lowest BCUT2D eigenvalue weighted by atomic mass is 9.78. The lowest BCUT2D eigenvalue weighted by molar-refractivity contribution is -0.128. The molecule has 3 aromatic rings. The fraction of sp³-hybridized carbons (Fsp3) is 0.250. The van der Waals surface area contributed by atoms with E-state index in [0.29, 0.717) is 30.4 Å². The number of halogens is 1. The van der Waals surface area contributed by atoms with Crippen LogP contribution in [0, 0.1) is 12.5 Å². The second-order valence-corrected chi connectivity index (χ2v) is 8.35. The van der Waals surface area contributed by atoms with E-state index in [9.17, 15) is 4.79 Å². The van der Waals surface area contributed by atoms with Crippen LogP contribution in [0.1, 0.15) is 29.0 Å². The highest BCUT2D eigenvalue weighted by molar-refractivity contribution is 6.31. The van der Waals surface area contributed by atoms with Crippen LogP contribution in [0.15, 0.2) is 65.8 Å². The van der Waals surface area contributed by atoms with Crippen LogP contribution in [0.2, 0.25) is 5.02 Å². The second-order valence-electron chi connectivity index (χ2n) is 7.94. The van der Waals surface area contributed by atoms with Crippen molar-refractivity contribution in [3.05, 3.63) is 93.9 Å². The van der Waals surface area contributed by atoms with Crippen LogP contribution in [0.3, 0.4) is 0 Å². The summed E-state index contributed by atoms with van der Waals surface area (Å²) in [7, 11) is 0. The van der Waals surface area contributed by atoms with Gasteiger partial charge in [0.15, 0.2) is 5.82 Å². The third-order valence-corrected chi connectivity index (χ3v) is 6.41. The number of hydrogen-bond donors (Lipinski definition) is 1. The van der Waals surface area contributed by atoms with Gasteiger partial charge in [-0.05, 0) is 17.2 Å².